The summed E-state index contributed by atoms with van der Waals surface area (Å²) < 4.78 is 0. The standard InChI is InChI=1S/C20H20N4O2S/c25-17-3-2-16-11-15(13-22-20(16)23-17)1-4-19(26)24-8-5-14(6-9-24)12-18-21-7-10-27-18/h1,4-5,7,10-11,13H,2-3,6,8-9,12H2,(H,22,23,25). The summed E-state index contributed by atoms with van der Waals surface area (Å²) in [7, 11) is 0. The van der Waals surface area contributed by atoms with Gasteiger partial charge in [-0.1, -0.05) is 11.6 Å². The number of anilines is 1. The first-order valence-corrected chi connectivity index (χ1v) is 9.87. The Kier molecular flexibility index (Phi) is 5.11. The first kappa shape index (κ1) is 17.6. The second-order valence-electron chi connectivity index (χ2n) is 6.66. The van der Waals surface area contributed by atoms with E-state index >= 15 is 0 Å². The molecule has 0 saturated carbocycles. The van der Waals surface area contributed by atoms with Crippen LogP contribution >= 0.6 is 11.3 Å². The third kappa shape index (κ3) is 4.31. The molecule has 7 heteroatoms. The molecule has 1 N–H and O–H groups in total. The minimum atomic E-state index is 0.000789. The summed E-state index contributed by atoms with van der Waals surface area (Å²) in [5.74, 6) is 0.634. The van der Waals surface area contributed by atoms with Gasteiger partial charge in [-0.3, -0.25) is 9.59 Å². The van der Waals surface area contributed by atoms with Crippen molar-refractivity contribution in [3.63, 3.8) is 0 Å². The molecule has 4 rings (SSSR count). The lowest BCUT2D eigenvalue weighted by Crippen LogP contribution is -2.33. The lowest BCUT2D eigenvalue weighted by Gasteiger charge is -2.25. The van der Waals surface area contributed by atoms with Gasteiger partial charge in [0.15, 0.2) is 0 Å². The molecule has 4 heterocycles. The second kappa shape index (κ2) is 7.84. The molecule has 2 amide bonds. The first-order valence-electron chi connectivity index (χ1n) is 8.99. The van der Waals surface area contributed by atoms with E-state index in [1.54, 1.807) is 29.7 Å². The van der Waals surface area contributed by atoms with Crippen molar-refractivity contribution in [1.82, 2.24) is 14.9 Å². The lowest BCUT2D eigenvalue weighted by atomic mass is 10.0. The van der Waals surface area contributed by atoms with Crippen LogP contribution in [0.4, 0.5) is 5.82 Å². The number of hydrogen-bond donors (Lipinski definition) is 1. The van der Waals surface area contributed by atoms with Crippen molar-refractivity contribution < 1.29 is 9.59 Å². The first-order chi connectivity index (χ1) is 13.2. The molecule has 0 aliphatic carbocycles. The van der Waals surface area contributed by atoms with Crippen LogP contribution in [0.25, 0.3) is 6.08 Å². The molecule has 0 unspecified atom stereocenters. The second-order valence-corrected chi connectivity index (χ2v) is 7.64. The van der Waals surface area contributed by atoms with Crippen molar-refractivity contribution in [3.05, 3.63) is 57.7 Å². The highest BCUT2D eigenvalue weighted by atomic mass is 32.1. The number of pyridine rings is 1. The predicted molar refractivity (Wildman–Crippen MR) is 105 cm³/mol. The van der Waals surface area contributed by atoms with E-state index in [4.69, 9.17) is 0 Å². The summed E-state index contributed by atoms with van der Waals surface area (Å²) in [6.45, 7) is 1.37. The fourth-order valence-corrected chi connectivity index (χ4v) is 3.91. The van der Waals surface area contributed by atoms with Gasteiger partial charge in [-0.25, -0.2) is 9.97 Å². The molecule has 0 spiro atoms. The van der Waals surface area contributed by atoms with E-state index in [-0.39, 0.29) is 11.8 Å². The molecule has 2 aliphatic heterocycles. The molecule has 138 valence electrons. The third-order valence-corrected chi connectivity index (χ3v) is 5.54. The minimum Gasteiger partial charge on any atom is -0.335 e. The highest BCUT2D eigenvalue weighted by molar-refractivity contribution is 7.09. The van der Waals surface area contributed by atoms with Crippen LogP contribution in [0.2, 0.25) is 0 Å². The van der Waals surface area contributed by atoms with Gasteiger partial charge in [0.25, 0.3) is 0 Å². The number of carbonyl (C=O) groups is 2. The summed E-state index contributed by atoms with van der Waals surface area (Å²) in [5.41, 5.74) is 3.23. The number of carbonyl (C=O) groups excluding carboxylic acids is 2. The number of thiazole rings is 1. The van der Waals surface area contributed by atoms with E-state index < -0.39 is 0 Å². The SMILES string of the molecule is O=C1CCc2cc(C=CC(=O)N3CC=C(Cc4nccs4)CC3)cnc2N1. The van der Waals surface area contributed by atoms with Gasteiger partial charge in [0.2, 0.25) is 11.8 Å². The number of fused-ring (bicyclic) bond motifs is 1. The van der Waals surface area contributed by atoms with Gasteiger partial charge in [0.05, 0.1) is 5.01 Å². The summed E-state index contributed by atoms with van der Waals surface area (Å²) in [6, 6.07) is 1.98. The molecule has 0 fully saturated rings. The Morgan fingerprint density at radius 1 is 1.30 bits per heavy atom. The molecule has 0 atom stereocenters. The largest absolute Gasteiger partial charge is 0.335 e. The van der Waals surface area contributed by atoms with E-state index in [0.29, 0.717) is 25.2 Å². The molecule has 0 aromatic carbocycles. The number of aryl methyl sites for hydroxylation is 1. The Morgan fingerprint density at radius 2 is 2.22 bits per heavy atom. The molecule has 2 aromatic rings. The van der Waals surface area contributed by atoms with Crippen LogP contribution in [0.15, 0.2) is 41.6 Å². The zero-order valence-corrected chi connectivity index (χ0v) is 15.7. The zero-order valence-electron chi connectivity index (χ0n) is 14.9. The number of amides is 2. The molecule has 6 nitrogen and oxygen atoms in total. The molecule has 0 bridgehead atoms. The molecule has 27 heavy (non-hydrogen) atoms. The maximum atomic E-state index is 12.4. The maximum Gasteiger partial charge on any atom is 0.246 e. The Hall–Kier alpha value is -2.80. The fourth-order valence-electron chi connectivity index (χ4n) is 3.25. The molecular weight excluding hydrogens is 360 g/mol. The van der Waals surface area contributed by atoms with Gasteiger partial charge in [0.1, 0.15) is 5.82 Å². The van der Waals surface area contributed by atoms with E-state index in [1.165, 1.54) is 5.57 Å². The van der Waals surface area contributed by atoms with Gasteiger partial charge in [0, 0.05) is 49.8 Å². The van der Waals surface area contributed by atoms with Gasteiger partial charge in [-0.2, -0.15) is 0 Å². The van der Waals surface area contributed by atoms with E-state index in [2.05, 4.69) is 21.4 Å². The predicted octanol–water partition coefficient (Wildman–Crippen LogP) is 2.84. The van der Waals surface area contributed by atoms with E-state index in [1.807, 2.05) is 22.5 Å². The smallest absolute Gasteiger partial charge is 0.246 e. The quantitative estimate of drug-likeness (QED) is 0.654. The van der Waals surface area contributed by atoms with Crippen LogP contribution in [-0.4, -0.2) is 39.8 Å². The van der Waals surface area contributed by atoms with Crippen LogP contribution in [0.1, 0.15) is 29.0 Å². The highest BCUT2D eigenvalue weighted by Crippen LogP contribution is 2.22. The average molecular weight is 380 g/mol. The van der Waals surface area contributed by atoms with E-state index in [9.17, 15) is 9.59 Å². The average Bonchev–Trinajstić information content (AvgIpc) is 3.19. The Morgan fingerprint density at radius 3 is 3.00 bits per heavy atom. The molecule has 0 radical (unpaired) electrons. The van der Waals surface area contributed by atoms with Crippen molar-refractivity contribution in [2.45, 2.75) is 25.7 Å². The third-order valence-electron chi connectivity index (χ3n) is 4.76. The van der Waals surface area contributed by atoms with Crippen LogP contribution in [0.3, 0.4) is 0 Å². The maximum absolute atomic E-state index is 12.4. The highest BCUT2D eigenvalue weighted by Gasteiger charge is 2.17. The van der Waals surface area contributed by atoms with Crippen LogP contribution in [0.5, 0.6) is 0 Å². The fraction of sp³-hybridized carbons (Fsp3) is 0.300. The van der Waals surface area contributed by atoms with Crippen LogP contribution in [0, 0.1) is 0 Å². The topological polar surface area (TPSA) is 75.2 Å². The van der Waals surface area contributed by atoms with E-state index in [0.717, 1.165) is 35.5 Å². The van der Waals surface area contributed by atoms with Crippen molar-refractivity contribution in [2.24, 2.45) is 0 Å². The number of hydrogen-bond acceptors (Lipinski definition) is 5. The summed E-state index contributed by atoms with van der Waals surface area (Å²) in [5, 5.41) is 5.88. The molecule has 2 aliphatic rings. The van der Waals surface area contributed by atoms with Gasteiger partial charge in [-0.15, -0.1) is 11.3 Å². The summed E-state index contributed by atoms with van der Waals surface area (Å²) in [6.07, 6.45) is 12.0. The van der Waals surface area contributed by atoms with Crippen molar-refractivity contribution in [2.75, 3.05) is 18.4 Å². The number of rotatable bonds is 4. The van der Waals surface area contributed by atoms with Crippen LogP contribution < -0.4 is 5.32 Å². The Bertz CT molecular complexity index is 918. The van der Waals surface area contributed by atoms with Crippen molar-refractivity contribution in [1.29, 1.82) is 0 Å². The number of nitrogens with zero attached hydrogens (tertiary/aromatic N) is 3. The van der Waals surface area contributed by atoms with Crippen molar-refractivity contribution >= 4 is 35.0 Å². The van der Waals surface area contributed by atoms with Gasteiger partial charge >= 0.3 is 0 Å². The Labute approximate surface area is 161 Å². The van der Waals surface area contributed by atoms with Crippen molar-refractivity contribution in [3.8, 4) is 0 Å². The molecule has 2 aromatic heterocycles. The number of nitrogens with one attached hydrogen (secondary N) is 1. The monoisotopic (exact) mass is 380 g/mol. The van der Waals surface area contributed by atoms with Gasteiger partial charge < -0.3 is 10.2 Å². The molecular formula is C20H20N4O2S. The van der Waals surface area contributed by atoms with Crippen LogP contribution in [-0.2, 0) is 22.4 Å². The lowest BCUT2D eigenvalue weighted by molar-refractivity contribution is -0.125. The summed E-state index contributed by atoms with van der Waals surface area (Å²) >= 11 is 1.67. The Balaban J connectivity index is 1.35. The summed E-state index contributed by atoms with van der Waals surface area (Å²) in [4.78, 5) is 34.3. The minimum absolute atomic E-state index is 0.000789. The normalized spacial score (nSPS) is 16.8. The zero-order chi connectivity index (χ0) is 18.6. The number of aromatic nitrogens is 2. The van der Waals surface area contributed by atoms with Gasteiger partial charge in [-0.05, 0) is 36.1 Å². The molecule has 0 saturated heterocycles.